The van der Waals surface area contributed by atoms with E-state index >= 15 is 0 Å². The van der Waals surface area contributed by atoms with Gasteiger partial charge in [-0.2, -0.15) is 5.10 Å². The zero-order chi connectivity index (χ0) is 20.5. The lowest BCUT2D eigenvalue weighted by Crippen LogP contribution is -2.46. The number of aliphatic imine (C=N–C) groups is 1. The topological polar surface area (TPSA) is 75.9 Å². The average molecular weight is 401 g/mol. The number of aromatic nitrogens is 2. The summed E-state index contributed by atoms with van der Waals surface area (Å²) in [5.41, 5.74) is 2.46. The van der Waals surface area contributed by atoms with Crippen molar-refractivity contribution < 1.29 is 9.47 Å². The van der Waals surface area contributed by atoms with Gasteiger partial charge in [-0.25, -0.2) is 0 Å². The number of rotatable bonds is 8. The molecule has 0 bridgehead atoms. The molecule has 1 aliphatic heterocycles. The molecular formula is C21H32N6O2. The summed E-state index contributed by atoms with van der Waals surface area (Å²) in [4.78, 5) is 6.83. The van der Waals surface area contributed by atoms with Crippen molar-refractivity contribution in [3.8, 4) is 5.75 Å². The number of benzene rings is 1. The van der Waals surface area contributed by atoms with Crippen LogP contribution in [0.1, 0.15) is 17.2 Å². The summed E-state index contributed by atoms with van der Waals surface area (Å²) in [5, 5.41) is 11.1. The molecule has 0 saturated carbocycles. The van der Waals surface area contributed by atoms with Gasteiger partial charge in [-0.3, -0.25) is 14.6 Å². The van der Waals surface area contributed by atoms with Crippen molar-refractivity contribution in [2.24, 2.45) is 12.0 Å². The van der Waals surface area contributed by atoms with Crippen LogP contribution in [0.2, 0.25) is 0 Å². The van der Waals surface area contributed by atoms with Crippen LogP contribution < -0.4 is 15.4 Å². The van der Waals surface area contributed by atoms with E-state index in [0.29, 0.717) is 0 Å². The predicted molar refractivity (Wildman–Crippen MR) is 114 cm³/mol. The number of aryl methyl sites for hydroxylation is 1. The Kier molecular flexibility index (Phi) is 7.89. The van der Waals surface area contributed by atoms with Gasteiger partial charge in [0, 0.05) is 46.5 Å². The number of hydrogen-bond acceptors (Lipinski definition) is 5. The number of hydrogen-bond donors (Lipinski definition) is 2. The van der Waals surface area contributed by atoms with E-state index < -0.39 is 0 Å². The molecule has 1 fully saturated rings. The van der Waals surface area contributed by atoms with Crippen molar-refractivity contribution in [2.45, 2.75) is 12.5 Å². The molecule has 1 atom stereocenters. The molecule has 8 nitrogen and oxygen atoms in total. The van der Waals surface area contributed by atoms with E-state index in [4.69, 9.17) is 9.47 Å². The highest BCUT2D eigenvalue weighted by Crippen LogP contribution is 2.23. The Morgan fingerprint density at radius 3 is 2.62 bits per heavy atom. The monoisotopic (exact) mass is 400 g/mol. The average Bonchev–Trinajstić information content (AvgIpc) is 3.18. The number of ether oxygens (including phenoxy) is 2. The van der Waals surface area contributed by atoms with Gasteiger partial charge < -0.3 is 20.1 Å². The first-order chi connectivity index (χ1) is 14.2. The van der Waals surface area contributed by atoms with E-state index in [9.17, 15) is 0 Å². The highest BCUT2D eigenvalue weighted by atomic mass is 16.5. The first kappa shape index (κ1) is 21.1. The zero-order valence-electron chi connectivity index (χ0n) is 17.6. The van der Waals surface area contributed by atoms with Gasteiger partial charge in [0.25, 0.3) is 0 Å². The van der Waals surface area contributed by atoms with Crippen LogP contribution in [-0.4, -0.2) is 74.2 Å². The number of nitrogens with zero attached hydrogens (tertiary/aromatic N) is 4. The van der Waals surface area contributed by atoms with Crippen molar-refractivity contribution in [3.63, 3.8) is 0 Å². The van der Waals surface area contributed by atoms with E-state index in [1.807, 2.05) is 36.3 Å². The van der Waals surface area contributed by atoms with E-state index in [0.717, 1.165) is 57.5 Å². The molecular weight excluding hydrogens is 368 g/mol. The smallest absolute Gasteiger partial charge is 0.191 e. The lowest BCUT2D eigenvalue weighted by Gasteiger charge is -2.35. The van der Waals surface area contributed by atoms with Crippen LogP contribution in [0.5, 0.6) is 5.75 Å². The SMILES string of the molecule is CN=C(NCCc1cnn(C)c1)NCC(c1ccc(OC)cc1)N1CCOCC1. The van der Waals surface area contributed by atoms with Gasteiger partial charge in [-0.05, 0) is 29.7 Å². The summed E-state index contributed by atoms with van der Waals surface area (Å²) < 4.78 is 12.7. The van der Waals surface area contributed by atoms with E-state index in [-0.39, 0.29) is 6.04 Å². The molecule has 29 heavy (non-hydrogen) atoms. The van der Waals surface area contributed by atoms with Crippen LogP contribution >= 0.6 is 0 Å². The summed E-state index contributed by atoms with van der Waals surface area (Å²) in [7, 11) is 5.43. The quantitative estimate of drug-likeness (QED) is 0.512. The van der Waals surface area contributed by atoms with Gasteiger partial charge in [0.2, 0.25) is 0 Å². The fourth-order valence-electron chi connectivity index (χ4n) is 3.51. The lowest BCUT2D eigenvalue weighted by atomic mass is 10.0. The molecule has 1 saturated heterocycles. The van der Waals surface area contributed by atoms with Crippen LogP contribution in [0.3, 0.4) is 0 Å². The van der Waals surface area contributed by atoms with Crippen LogP contribution in [-0.2, 0) is 18.2 Å². The van der Waals surface area contributed by atoms with E-state index in [2.05, 4.69) is 37.8 Å². The number of methoxy groups -OCH3 is 1. The molecule has 1 aromatic carbocycles. The van der Waals surface area contributed by atoms with Crippen LogP contribution in [0.25, 0.3) is 0 Å². The van der Waals surface area contributed by atoms with Gasteiger partial charge in [-0.15, -0.1) is 0 Å². The van der Waals surface area contributed by atoms with Crippen molar-refractivity contribution in [1.29, 1.82) is 0 Å². The van der Waals surface area contributed by atoms with Gasteiger partial charge in [0.1, 0.15) is 5.75 Å². The molecule has 3 rings (SSSR count). The molecule has 1 unspecified atom stereocenters. The van der Waals surface area contributed by atoms with Crippen LogP contribution in [0.4, 0.5) is 0 Å². The second-order valence-corrected chi connectivity index (χ2v) is 7.09. The molecule has 0 amide bonds. The summed E-state index contributed by atoms with van der Waals surface area (Å²) in [6, 6.07) is 8.55. The van der Waals surface area contributed by atoms with Crippen molar-refractivity contribution in [1.82, 2.24) is 25.3 Å². The molecule has 2 heterocycles. The van der Waals surface area contributed by atoms with Crippen LogP contribution in [0, 0.1) is 0 Å². The Labute approximate surface area is 172 Å². The number of nitrogens with one attached hydrogen (secondary N) is 2. The molecule has 0 aliphatic carbocycles. The third-order valence-electron chi connectivity index (χ3n) is 5.14. The van der Waals surface area contributed by atoms with Gasteiger partial charge in [0.15, 0.2) is 5.96 Å². The zero-order valence-corrected chi connectivity index (χ0v) is 17.6. The number of morpholine rings is 1. The van der Waals surface area contributed by atoms with Crippen molar-refractivity contribution in [3.05, 3.63) is 47.8 Å². The molecule has 0 spiro atoms. The Hall–Kier alpha value is -2.58. The van der Waals surface area contributed by atoms with Gasteiger partial charge in [0.05, 0.1) is 32.6 Å². The highest BCUT2D eigenvalue weighted by Gasteiger charge is 2.23. The Morgan fingerprint density at radius 1 is 1.24 bits per heavy atom. The summed E-state index contributed by atoms with van der Waals surface area (Å²) in [6.45, 7) is 4.95. The predicted octanol–water partition coefficient (Wildman–Crippen LogP) is 1.21. The molecule has 2 N–H and O–H groups in total. The van der Waals surface area contributed by atoms with E-state index in [1.54, 1.807) is 14.2 Å². The largest absolute Gasteiger partial charge is 0.497 e. The van der Waals surface area contributed by atoms with Gasteiger partial charge in [-0.1, -0.05) is 12.1 Å². The maximum Gasteiger partial charge on any atom is 0.191 e. The highest BCUT2D eigenvalue weighted by molar-refractivity contribution is 5.79. The normalized spacial score (nSPS) is 16.4. The lowest BCUT2D eigenvalue weighted by molar-refractivity contribution is 0.0170. The third kappa shape index (κ3) is 6.20. The Bertz CT molecular complexity index is 768. The summed E-state index contributed by atoms with van der Waals surface area (Å²) in [5.74, 6) is 1.68. The molecule has 1 aromatic heterocycles. The second-order valence-electron chi connectivity index (χ2n) is 7.09. The second kappa shape index (κ2) is 10.8. The van der Waals surface area contributed by atoms with Crippen molar-refractivity contribution >= 4 is 5.96 Å². The molecule has 2 aromatic rings. The molecule has 0 radical (unpaired) electrons. The number of guanidine groups is 1. The first-order valence-electron chi connectivity index (χ1n) is 10.1. The maximum absolute atomic E-state index is 5.54. The minimum absolute atomic E-state index is 0.238. The standard InChI is InChI=1S/C21H32N6O2/c1-22-21(23-9-8-17-14-25-26(2)16-17)24-15-20(27-10-12-29-13-11-27)18-4-6-19(28-3)7-5-18/h4-7,14,16,20H,8-13,15H2,1-3H3,(H2,22,23,24). The molecule has 158 valence electrons. The minimum atomic E-state index is 0.238. The Morgan fingerprint density at radius 2 is 2.00 bits per heavy atom. The van der Waals surface area contributed by atoms with Gasteiger partial charge >= 0.3 is 0 Å². The Balaban J connectivity index is 1.58. The van der Waals surface area contributed by atoms with Crippen molar-refractivity contribution in [2.75, 3.05) is 53.6 Å². The summed E-state index contributed by atoms with van der Waals surface area (Å²) >= 11 is 0. The third-order valence-corrected chi connectivity index (χ3v) is 5.14. The molecule has 8 heteroatoms. The molecule has 1 aliphatic rings. The minimum Gasteiger partial charge on any atom is -0.497 e. The maximum atomic E-state index is 5.54. The fourth-order valence-corrected chi connectivity index (χ4v) is 3.51. The first-order valence-corrected chi connectivity index (χ1v) is 10.1. The summed E-state index contributed by atoms with van der Waals surface area (Å²) in [6.07, 6.45) is 4.84. The van der Waals surface area contributed by atoms with E-state index in [1.165, 1.54) is 11.1 Å². The van der Waals surface area contributed by atoms with Crippen LogP contribution in [0.15, 0.2) is 41.7 Å². The fraction of sp³-hybridized carbons (Fsp3) is 0.524.